The summed E-state index contributed by atoms with van der Waals surface area (Å²) in [4.78, 5) is 0. The monoisotopic (exact) mass is 191 g/mol. The van der Waals surface area contributed by atoms with Crippen LogP contribution in [-0.2, 0) is 6.42 Å². The number of rotatable bonds is 3. The zero-order valence-corrected chi connectivity index (χ0v) is 8.37. The number of aryl methyl sites for hydroxylation is 1. The molecule has 0 aromatic heterocycles. The number of nitrogens with one attached hydrogen (secondary N) is 1. The summed E-state index contributed by atoms with van der Waals surface area (Å²) in [5.41, 5.74) is 2.89. The minimum Gasteiger partial charge on any atom is -0.395 e. The van der Waals surface area contributed by atoms with Gasteiger partial charge in [0, 0.05) is 12.6 Å². The molecular weight excluding hydrogens is 174 g/mol. The maximum Gasteiger partial charge on any atom is 0.0556 e. The Bertz CT molecular complexity index is 298. The van der Waals surface area contributed by atoms with E-state index in [-0.39, 0.29) is 6.61 Å². The molecule has 1 aliphatic carbocycles. The normalized spacial score (nSPS) is 20.5. The summed E-state index contributed by atoms with van der Waals surface area (Å²) in [6.45, 7) is 0.914. The van der Waals surface area contributed by atoms with Crippen molar-refractivity contribution in [1.82, 2.24) is 5.32 Å². The molecule has 14 heavy (non-hydrogen) atoms. The van der Waals surface area contributed by atoms with E-state index in [0.29, 0.717) is 12.6 Å². The van der Waals surface area contributed by atoms with E-state index in [0.717, 1.165) is 0 Å². The van der Waals surface area contributed by atoms with Crippen LogP contribution in [0.2, 0.25) is 0 Å². The van der Waals surface area contributed by atoms with Gasteiger partial charge in [-0.25, -0.2) is 0 Å². The third kappa shape index (κ3) is 1.97. The van der Waals surface area contributed by atoms with Crippen molar-refractivity contribution in [3.05, 3.63) is 35.4 Å². The number of fused-ring (bicyclic) bond motifs is 1. The van der Waals surface area contributed by atoms with Gasteiger partial charge in [0.05, 0.1) is 6.61 Å². The molecule has 0 aliphatic heterocycles. The van der Waals surface area contributed by atoms with Crippen molar-refractivity contribution >= 4 is 0 Å². The van der Waals surface area contributed by atoms with Crippen molar-refractivity contribution in [3.63, 3.8) is 0 Å². The predicted molar refractivity (Wildman–Crippen MR) is 57.2 cm³/mol. The van der Waals surface area contributed by atoms with Gasteiger partial charge in [-0.05, 0) is 30.4 Å². The van der Waals surface area contributed by atoms with Gasteiger partial charge in [0.15, 0.2) is 0 Å². The third-order valence-corrected chi connectivity index (χ3v) is 2.87. The Labute approximate surface area is 85.0 Å². The first kappa shape index (κ1) is 9.69. The molecule has 2 nitrogen and oxygen atoms in total. The smallest absolute Gasteiger partial charge is 0.0556 e. The van der Waals surface area contributed by atoms with Crippen LogP contribution in [0.15, 0.2) is 24.3 Å². The molecule has 0 fully saturated rings. The highest BCUT2D eigenvalue weighted by molar-refractivity contribution is 5.32. The van der Waals surface area contributed by atoms with Crippen LogP contribution in [-0.4, -0.2) is 18.3 Å². The average molecular weight is 191 g/mol. The van der Waals surface area contributed by atoms with Crippen LogP contribution >= 0.6 is 0 Å². The Balaban J connectivity index is 2.14. The van der Waals surface area contributed by atoms with Gasteiger partial charge in [0.2, 0.25) is 0 Å². The molecule has 76 valence electrons. The van der Waals surface area contributed by atoms with Gasteiger partial charge in [0.25, 0.3) is 0 Å². The Morgan fingerprint density at radius 2 is 2.21 bits per heavy atom. The van der Waals surface area contributed by atoms with E-state index in [1.54, 1.807) is 0 Å². The standard InChI is InChI=1S/C12H17NO/c14-9-8-13-12-7-3-5-10-4-1-2-6-11(10)12/h1-2,4,6,12-14H,3,5,7-9H2. The maximum atomic E-state index is 8.78. The molecular formula is C12H17NO. The summed E-state index contributed by atoms with van der Waals surface area (Å²) in [6, 6.07) is 9.06. The van der Waals surface area contributed by atoms with Gasteiger partial charge in [-0.15, -0.1) is 0 Å². The summed E-state index contributed by atoms with van der Waals surface area (Å²) >= 11 is 0. The molecule has 0 amide bonds. The van der Waals surface area contributed by atoms with Crippen LogP contribution in [0.3, 0.4) is 0 Å². The number of benzene rings is 1. The molecule has 0 saturated heterocycles. The number of hydrogen-bond acceptors (Lipinski definition) is 2. The van der Waals surface area contributed by atoms with Crippen LogP contribution in [0.5, 0.6) is 0 Å². The van der Waals surface area contributed by atoms with Crippen molar-refractivity contribution in [2.24, 2.45) is 0 Å². The molecule has 0 radical (unpaired) electrons. The van der Waals surface area contributed by atoms with E-state index >= 15 is 0 Å². The largest absolute Gasteiger partial charge is 0.395 e. The molecule has 2 rings (SSSR count). The van der Waals surface area contributed by atoms with Crippen molar-refractivity contribution in [2.45, 2.75) is 25.3 Å². The second kappa shape index (κ2) is 4.58. The molecule has 0 bridgehead atoms. The van der Waals surface area contributed by atoms with E-state index < -0.39 is 0 Å². The third-order valence-electron chi connectivity index (χ3n) is 2.87. The first-order valence-corrected chi connectivity index (χ1v) is 5.34. The van der Waals surface area contributed by atoms with E-state index in [2.05, 4.69) is 29.6 Å². The molecule has 1 aromatic rings. The highest BCUT2D eigenvalue weighted by atomic mass is 16.3. The van der Waals surface area contributed by atoms with E-state index in [9.17, 15) is 0 Å². The highest BCUT2D eigenvalue weighted by Gasteiger charge is 2.18. The highest BCUT2D eigenvalue weighted by Crippen LogP contribution is 2.28. The fourth-order valence-electron chi connectivity index (χ4n) is 2.20. The molecule has 1 aliphatic rings. The van der Waals surface area contributed by atoms with Crippen molar-refractivity contribution in [3.8, 4) is 0 Å². The van der Waals surface area contributed by atoms with Gasteiger partial charge < -0.3 is 10.4 Å². The molecule has 2 N–H and O–H groups in total. The van der Waals surface area contributed by atoms with Crippen LogP contribution in [0, 0.1) is 0 Å². The fraction of sp³-hybridized carbons (Fsp3) is 0.500. The minimum absolute atomic E-state index is 0.221. The lowest BCUT2D eigenvalue weighted by atomic mass is 9.88. The van der Waals surface area contributed by atoms with Crippen LogP contribution in [0.4, 0.5) is 0 Å². The van der Waals surface area contributed by atoms with E-state index in [1.165, 1.54) is 30.4 Å². The summed E-state index contributed by atoms with van der Waals surface area (Å²) in [5.74, 6) is 0. The first-order chi connectivity index (χ1) is 6.92. The van der Waals surface area contributed by atoms with Gasteiger partial charge in [-0.3, -0.25) is 0 Å². The van der Waals surface area contributed by atoms with Gasteiger partial charge in [-0.2, -0.15) is 0 Å². The lowest BCUT2D eigenvalue weighted by Gasteiger charge is -2.26. The molecule has 1 aromatic carbocycles. The Hall–Kier alpha value is -0.860. The van der Waals surface area contributed by atoms with E-state index in [4.69, 9.17) is 5.11 Å². The second-order valence-electron chi connectivity index (χ2n) is 3.82. The summed E-state index contributed by atoms with van der Waals surface area (Å²) < 4.78 is 0. The van der Waals surface area contributed by atoms with Gasteiger partial charge >= 0.3 is 0 Å². The van der Waals surface area contributed by atoms with Gasteiger partial charge in [0.1, 0.15) is 0 Å². The number of aliphatic hydroxyl groups excluding tert-OH is 1. The predicted octanol–water partition coefficient (Wildman–Crippen LogP) is 1.65. The van der Waals surface area contributed by atoms with Crippen LogP contribution in [0.1, 0.15) is 30.0 Å². The summed E-state index contributed by atoms with van der Waals surface area (Å²) in [6.07, 6.45) is 3.64. The average Bonchev–Trinajstić information content (AvgIpc) is 2.26. The summed E-state index contributed by atoms with van der Waals surface area (Å²) in [7, 11) is 0. The van der Waals surface area contributed by atoms with Gasteiger partial charge in [-0.1, -0.05) is 24.3 Å². The lowest BCUT2D eigenvalue weighted by Crippen LogP contribution is -2.27. The Kier molecular flexibility index (Phi) is 3.17. The molecule has 1 unspecified atom stereocenters. The van der Waals surface area contributed by atoms with Crippen LogP contribution in [0.25, 0.3) is 0 Å². The lowest BCUT2D eigenvalue weighted by molar-refractivity contribution is 0.280. The summed E-state index contributed by atoms with van der Waals surface area (Å²) in [5, 5.41) is 12.2. The number of aliphatic hydroxyl groups is 1. The zero-order valence-electron chi connectivity index (χ0n) is 8.37. The minimum atomic E-state index is 0.221. The maximum absolute atomic E-state index is 8.78. The van der Waals surface area contributed by atoms with Crippen molar-refractivity contribution in [1.29, 1.82) is 0 Å². The quantitative estimate of drug-likeness (QED) is 0.761. The zero-order chi connectivity index (χ0) is 9.80. The topological polar surface area (TPSA) is 32.3 Å². The SMILES string of the molecule is OCCNC1CCCc2ccccc21. The second-order valence-corrected chi connectivity index (χ2v) is 3.82. The fourth-order valence-corrected chi connectivity index (χ4v) is 2.20. The number of hydrogen-bond donors (Lipinski definition) is 2. The Morgan fingerprint density at radius 1 is 1.36 bits per heavy atom. The van der Waals surface area contributed by atoms with Crippen molar-refractivity contribution in [2.75, 3.05) is 13.2 Å². The van der Waals surface area contributed by atoms with E-state index in [1.807, 2.05) is 0 Å². The molecule has 2 heteroatoms. The van der Waals surface area contributed by atoms with Crippen molar-refractivity contribution < 1.29 is 5.11 Å². The Morgan fingerprint density at radius 3 is 3.07 bits per heavy atom. The molecule has 1 atom stereocenters. The molecule has 0 heterocycles. The molecule has 0 spiro atoms. The first-order valence-electron chi connectivity index (χ1n) is 5.34. The van der Waals surface area contributed by atoms with Crippen LogP contribution < -0.4 is 5.32 Å². The molecule has 0 saturated carbocycles.